The highest BCUT2D eigenvalue weighted by molar-refractivity contribution is 6.34. The molecule has 0 aromatic heterocycles. The van der Waals surface area contributed by atoms with Crippen LogP contribution in [-0.2, 0) is 4.79 Å². The SMILES string of the molecule is Cl.NC(=O)c1ccc(NC(=O)[C@H]2CCCCN2)cc1Cl. The number of piperidine rings is 1. The summed E-state index contributed by atoms with van der Waals surface area (Å²) in [6, 6.07) is 4.49. The van der Waals surface area contributed by atoms with E-state index in [0.717, 1.165) is 25.8 Å². The number of nitrogens with one attached hydrogen (secondary N) is 2. The normalized spacial score (nSPS) is 17.9. The van der Waals surface area contributed by atoms with Crippen LogP contribution in [0.25, 0.3) is 0 Å². The number of carbonyl (C=O) groups is 2. The first-order chi connectivity index (χ1) is 9.08. The van der Waals surface area contributed by atoms with Crippen LogP contribution in [0, 0.1) is 0 Å². The molecule has 0 spiro atoms. The van der Waals surface area contributed by atoms with Gasteiger partial charge in [0.15, 0.2) is 0 Å². The number of hydrogen-bond acceptors (Lipinski definition) is 3. The molecule has 0 radical (unpaired) electrons. The molecule has 1 saturated heterocycles. The molecule has 20 heavy (non-hydrogen) atoms. The Balaban J connectivity index is 0.00000200. The van der Waals surface area contributed by atoms with Gasteiger partial charge in [0.2, 0.25) is 11.8 Å². The monoisotopic (exact) mass is 317 g/mol. The van der Waals surface area contributed by atoms with E-state index in [2.05, 4.69) is 10.6 Å². The summed E-state index contributed by atoms with van der Waals surface area (Å²) in [5, 5.41) is 6.18. The van der Waals surface area contributed by atoms with Gasteiger partial charge in [0.05, 0.1) is 16.6 Å². The number of nitrogens with two attached hydrogens (primary N) is 1. The fourth-order valence-electron chi connectivity index (χ4n) is 2.10. The van der Waals surface area contributed by atoms with Gasteiger partial charge in [0.1, 0.15) is 0 Å². The van der Waals surface area contributed by atoms with Crippen molar-refractivity contribution in [2.45, 2.75) is 25.3 Å². The predicted molar refractivity (Wildman–Crippen MR) is 81.5 cm³/mol. The first-order valence-electron chi connectivity index (χ1n) is 6.21. The van der Waals surface area contributed by atoms with Crippen LogP contribution in [-0.4, -0.2) is 24.4 Å². The minimum absolute atomic E-state index is 0. The second-order valence-corrected chi connectivity index (χ2v) is 4.96. The minimum Gasteiger partial charge on any atom is -0.366 e. The van der Waals surface area contributed by atoms with Gasteiger partial charge in [-0.1, -0.05) is 18.0 Å². The van der Waals surface area contributed by atoms with Gasteiger partial charge in [-0.15, -0.1) is 12.4 Å². The van der Waals surface area contributed by atoms with E-state index in [1.807, 2.05) is 0 Å². The highest BCUT2D eigenvalue weighted by Gasteiger charge is 2.20. The summed E-state index contributed by atoms with van der Waals surface area (Å²) >= 11 is 5.93. The fourth-order valence-corrected chi connectivity index (χ4v) is 2.37. The molecule has 1 aromatic carbocycles. The topological polar surface area (TPSA) is 84.2 Å². The average molecular weight is 318 g/mol. The van der Waals surface area contributed by atoms with Crippen molar-refractivity contribution < 1.29 is 9.59 Å². The van der Waals surface area contributed by atoms with Crippen LogP contribution in [0.15, 0.2) is 18.2 Å². The third-order valence-electron chi connectivity index (χ3n) is 3.13. The Bertz CT molecular complexity index is 502. The highest BCUT2D eigenvalue weighted by atomic mass is 35.5. The maximum absolute atomic E-state index is 12.0. The van der Waals surface area contributed by atoms with Crippen molar-refractivity contribution in [1.82, 2.24) is 5.32 Å². The number of rotatable bonds is 3. The van der Waals surface area contributed by atoms with Crippen molar-refractivity contribution in [2.24, 2.45) is 5.73 Å². The largest absolute Gasteiger partial charge is 0.366 e. The van der Waals surface area contributed by atoms with E-state index in [9.17, 15) is 9.59 Å². The smallest absolute Gasteiger partial charge is 0.250 e. The van der Waals surface area contributed by atoms with E-state index >= 15 is 0 Å². The molecule has 0 saturated carbocycles. The van der Waals surface area contributed by atoms with Gasteiger partial charge in [0, 0.05) is 5.69 Å². The zero-order valence-corrected chi connectivity index (χ0v) is 12.4. The molecule has 4 N–H and O–H groups in total. The van der Waals surface area contributed by atoms with Crippen molar-refractivity contribution in [2.75, 3.05) is 11.9 Å². The number of hydrogen-bond donors (Lipinski definition) is 3. The summed E-state index contributed by atoms with van der Waals surface area (Å²) in [5.41, 5.74) is 5.97. The summed E-state index contributed by atoms with van der Waals surface area (Å²) < 4.78 is 0. The van der Waals surface area contributed by atoms with Gasteiger partial charge in [-0.05, 0) is 37.6 Å². The minimum atomic E-state index is -0.586. The second-order valence-electron chi connectivity index (χ2n) is 4.55. The van der Waals surface area contributed by atoms with Crippen molar-refractivity contribution >= 4 is 41.5 Å². The molecule has 1 aromatic rings. The lowest BCUT2D eigenvalue weighted by Gasteiger charge is -2.22. The van der Waals surface area contributed by atoms with Crippen molar-refractivity contribution in [3.8, 4) is 0 Å². The van der Waals surface area contributed by atoms with E-state index in [1.165, 1.54) is 12.1 Å². The Morgan fingerprint density at radius 2 is 2.10 bits per heavy atom. The third-order valence-corrected chi connectivity index (χ3v) is 3.44. The van der Waals surface area contributed by atoms with Crippen molar-refractivity contribution in [3.63, 3.8) is 0 Å². The van der Waals surface area contributed by atoms with Gasteiger partial charge >= 0.3 is 0 Å². The van der Waals surface area contributed by atoms with Crippen LogP contribution < -0.4 is 16.4 Å². The van der Waals surface area contributed by atoms with Gasteiger partial charge in [-0.3, -0.25) is 9.59 Å². The molecule has 1 aliphatic heterocycles. The number of halogens is 2. The molecule has 0 aliphatic carbocycles. The molecule has 0 bridgehead atoms. The first kappa shape index (κ1) is 16.8. The van der Waals surface area contributed by atoms with Crippen LogP contribution in [0.4, 0.5) is 5.69 Å². The number of carbonyl (C=O) groups excluding carboxylic acids is 2. The zero-order chi connectivity index (χ0) is 13.8. The average Bonchev–Trinajstić information content (AvgIpc) is 2.39. The van der Waals surface area contributed by atoms with Gasteiger partial charge in [-0.25, -0.2) is 0 Å². The zero-order valence-electron chi connectivity index (χ0n) is 10.8. The number of benzene rings is 1. The molecule has 2 amide bonds. The van der Waals surface area contributed by atoms with Crippen LogP contribution in [0.5, 0.6) is 0 Å². The molecule has 7 heteroatoms. The van der Waals surface area contributed by atoms with E-state index in [4.69, 9.17) is 17.3 Å². The van der Waals surface area contributed by atoms with Crippen LogP contribution in [0.2, 0.25) is 5.02 Å². The summed E-state index contributed by atoms with van der Waals surface area (Å²) in [4.78, 5) is 23.0. The molecular formula is C13H17Cl2N3O2. The lowest BCUT2D eigenvalue weighted by molar-refractivity contribution is -0.118. The second kappa shape index (κ2) is 7.47. The third kappa shape index (κ3) is 4.10. The van der Waals surface area contributed by atoms with Crippen LogP contribution >= 0.6 is 24.0 Å². The van der Waals surface area contributed by atoms with Gasteiger partial charge in [-0.2, -0.15) is 0 Å². The lowest BCUT2D eigenvalue weighted by atomic mass is 10.0. The van der Waals surface area contributed by atoms with Crippen LogP contribution in [0.1, 0.15) is 29.6 Å². The lowest BCUT2D eigenvalue weighted by Crippen LogP contribution is -2.43. The number of primary amides is 1. The molecule has 1 fully saturated rings. The summed E-state index contributed by atoms with van der Waals surface area (Å²) in [7, 11) is 0. The maximum atomic E-state index is 12.0. The maximum Gasteiger partial charge on any atom is 0.250 e. The van der Waals surface area contributed by atoms with E-state index in [1.54, 1.807) is 6.07 Å². The standard InChI is InChI=1S/C13H16ClN3O2.ClH/c14-10-7-8(4-5-9(10)12(15)18)17-13(19)11-3-1-2-6-16-11;/h4-5,7,11,16H,1-3,6H2,(H2,15,18)(H,17,19);1H/t11-;/m1./s1. The Hall–Kier alpha value is -1.30. The quantitative estimate of drug-likeness (QED) is 0.796. The molecule has 1 heterocycles. The predicted octanol–water partition coefficient (Wildman–Crippen LogP) is 1.94. The Labute approximate surface area is 128 Å². The van der Waals surface area contributed by atoms with Gasteiger partial charge < -0.3 is 16.4 Å². The molecular weight excluding hydrogens is 301 g/mol. The van der Waals surface area contributed by atoms with Crippen molar-refractivity contribution in [1.29, 1.82) is 0 Å². The summed E-state index contributed by atoms with van der Waals surface area (Å²) in [6.45, 7) is 0.861. The number of amides is 2. The van der Waals surface area contributed by atoms with E-state index < -0.39 is 5.91 Å². The molecule has 2 rings (SSSR count). The summed E-state index contributed by atoms with van der Waals surface area (Å²) in [6.07, 6.45) is 2.98. The molecule has 1 aliphatic rings. The number of anilines is 1. The molecule has 1 atom stereocenters. The Morgan fingerprint density at radius 1 is 1.35 bits per heavy atom. The van der Waals surface area contributed by atoms with E-state index in [-0.39, 0.29) is 34.9 Å². The van der Waals surface area contributed by atoms with E-state index in [0.29, 0.717) is 5.69 Å². The molecule has 0 unspecified atom stereocenters. The summed E-state index contributed by atoms with van der Waals surface area (Å²) in [5.74, 6) is -0.667. The molecule has 110 valence electrons. The van der Waals surface area contributed by atoms with Crippen molar-refractivity contribution in [3.05, 3.63) is 28.8 Å². The van der Waals surface area contributed by atoms with Crippen LogP contribution in [0.3, 0.4) is 0 Å². The fraction of sp³-hybridized carbons (Fsp3) is 0.385. The first-order valence-corrected chi connectivity index (χ1v) is 6.59. The molecule has 5 nitrogen and oxygen atoms in total. The Kier molecular flexibility index (Phi) is 6.26. The Morgan fingerprint density at radius 3 is 2.65 bits per heavy atom. The van der Waals surface area contributed by atoms with Gasteiger partial charge in [0.25, 0.3) is 0 Å². The highest BCUT2D eigenvalue weighted by Crippen LogP contribution is 2.21.